The minimum Gasteiger partial charge on any atom is -0.497 e. The number of sulfonamides is 1. The fourth-order valence-electron chi connectivity index (χ4n) is 3.47. The summed E-state index contributed by atoms with van der Waals surface area (Å²) in [7, 11) is 0.555. The lowest BCUT2D eigenvalue weighted by molar-refractivity contribution is -0.120. The molecular weight excluding hydrogens is 456 g/mol. The van der Waals surface area contributed by atoms with E-state index in [0.717, 1.165) is 4.31 Å². The maximum atomic E-state index is 13.5. The van der Waals surface area contributed by atoms with Crippen molar-refractivity contribution in [1.29, 1.82) is 0 Å². The van der Waals surface area contributed by atoms with Crippen LogP contribution < -0.4 is 23.8 Å². The van der Waals surface area contributed by atoms with Gasteiger partial charge in [0.15, 0.2) is 0 Å². The smallest absolute Gasteiger partial charge is 0.264 e. The Bertz CT molecular complexity index is 1230. The molecule has 0 saturated carbocycles. The number of amides is 1. The van der Waals surface area contributed by atoms with E-state index < -0.39 is 28.5 Å². The first-order valence-corrected chi connectivity index (χ1v) is 12.0. The van der Waals surface area contributed by atoms with Crippen molar-refractivity contribution in [2.45, 2.75) is 17.9 Å². The highest BCUT2D eigenvalue weighted by Crippen LogP contribution is 2.30. The molecule has 0 fully saturated rings. The molecule has 8 nitrogen and oxygen atoms in total. The van der Waals surface area contributed by atoms with E-state index in [1.54, 1.807) is 74.7 Å². The van der Waals surface area contributed by atoms with Gasteiger partial charge in [0, 0.05) is 11.6 Å². The van der Waals surface area contributed by atoms with Crippen LogP contribution in [0.2, 0.25) is 0 Å². The third-order valence-electron chi connectivity index (χ3n) is 5.24. The summed E-state index contributed by atoms with van der Waals surface area (Å²) in [4.78, 5) is 13.2. The predicted molar refractivity (Wildman–Crippen MR) is 130 cm³/mol. The third-order valence-corrected chi connectivity index (χ3v) is 7.03. The number of hydrogen-bond acceptors (Lipinski definition) is 6. The summed E-state index contributed by atoms with van der Waals surface area (Å²) < 4.78 is 44.0. The molecule has 3 aromatic rings. The SMILES string of the molecule is COc1cccc(N(CC(=O)NC(C)c2cc(OC)ccc2OC)S(=O)(=O)c2ccccc2)c1. The lowest BCUT2D eigenvalue weighted by Crippen LogP contribution is -2.41. The Labute approximate surface area is 200 Å². The maximum Gasteiger partial charge on any atom is 0.264 e. The lowest BCUT2D eigenvalue weighted by Gasteiger charge is -2.25. The molecule has 0 aliphatic heterocycles. The van der Waals surface area contributed by atoms with E-state index in [4.69, 9.17) is 14.2 Å². The van der Waals surface area contributed by atoms with Gasteiger partial charge in [0.2, 0.25) is 5.91 Å². The minimum atomic E-state index is -4.03. The van der Waals surface area contributed by atoms with E-state index in [-0.39, 0.29) is 4.90 Å². The van der Waals surface area contributed by atoms with Crippen molar-refractivity contribution in [2.75, 3.05) is 32.2 Å². The molecule has 0 aliphatic rings. The van der Waals surface area contributed by atoms with E-state index in [9.17, 15) is 13.2 Å². The number of hydrogen-bond donors (Lipinski definition) is 1. The molecule has 0 bridgehead atoms. The second-order valence-corrected chi connectivity index (χ2v) is 9.29. The molecule has 0 saturated heterocycles. The Morgan fingerprint density at radius 3 is 2.21 bits per heavy atom. The molecule has 0 aromatic heterocycles. The fourth-order valence-corrected chi connectivity index (χ4v) is 4.91. The van der Waals surface area contributed by atoms with Crippen molar-refractivity contribution in [3.8, 4) is 17.2 Å². The van der Waals surface area contributed by atoms with Crippen LogP contribution in [0.15, 0.2) is 77.7 Å². The number of carbonyl (C=O) groups is 1. The highest BCUT2D eigenvalue weighted by molar-refractivity contribution is 7.92. The van der Waals surface area contributed by atoms with Crippen molar-refractivity contribution in [1.82, 2.24) is 5.32 Å². The quantitative estimate of drug-likeness (QED) is 0.471. The summed E-state index contributed by atoms with van der Waals surface area (Å²) in [6.07, 6.45) is 0. The number of carbonyl (C=O) groups excluding carboxylic acids is 1. The summed E-state index contributed by atoms with van der Waals surface area (Å²) >= 11 is 0. The van der Waals surface area contributed by atoms with Gasteiger partial charge in [0.25, 0.3) is 10.0 Å². The zero-order valence-electron chi connectivity index (χ0n) is 19.5. The monoisotopic (exact) mass is 484 g/mol. The highest BCUT2D eigenvalue weighted by Gasteiger charge is 2.28. The van der Waals surface area contributed by atoms with Crippen LogP contribution in [0.1, 0.15) is 18.5 Å². The molecule has 34 heavy (non-hydrogen) atoms. The Morgan fingerprint density at radius 1 is 0.882 bits per heavy atom. The Hall–Kier alpha value is -3.72. The summed E-state index contributed by atoms with van der Waals surface area (Å²) in [5, 5.41) is 2.86. The Morgan fingerprint density at radius 2 is 1.56 bits per heavy atom. The molecule has 9 heteroatoms. The van der Waals surface area contributed by atoms with Gasteiger partial charge in [0.1, 0.15) is 23.8 Å². The number of anilines is 1. The van der Waals surface area contributed by atoms with Crippen molar-refractivity contribution >= 4 is 21.6 Å². The normalized spacial score (nSPS) is 11.9. The average molecular weight is 485 g/mol. The molecule has 1 unspecified atom stereocenters. The standard InChI is InChI=1S/C25H28N2O6S/c1-18(23-16-21(32-3)13-14-24(23)33-4)26-25(28)17-27(19-9-8-10-20(15-19)31-2)34(29,30)22-11-6-5-7-12-22/h5-16,18H,17H2,1-4H3,(H,26,28). The molecule has 180 valence electrons. The molecule has 1 amide bonds. The Kier molecular flexibility index (Phi) is 8.01. The second-order valence-electron chi connectivity index (χ2n) is 7.42. The summed E-state index contributed by atoms with van der Waals surface area (Å²) in [6, 6.07) is 19.3. The van der Waals surface area contributed by atoms with Gasteiger partial charge >= 0.3 is 0 Å². The van der Waals surface area contributed by atoms with Crippen molar-refractivity contribution < 1.29 is 27.4 Å². The first-order chi connectivity index (χ1) is 16.3. The van der Waals surface area contributed by atoms with E-state index in [0.29, 0.717) is 28.5 Å². The van der Waals surface area contributed by atoms with Crippen molar-refractivity contribution in [3.05, 3.63) is 78.4 Å². The number of methoxy groups -OCH3 is 3. The number of ether oxygens (including phenoxy) is 3. The topological polar surface area (TPSA) is 94.2 Å². The molecule has 1 N–H and O–H groups in total. The van der Waals surface area contributed by atoms with Crippen LogP contribution in [0.4, 0.5) is 5.69 Å². The van der Waals surface area contributed by atoms with Gasteiger partial charge in [-0.25, -0.2) is 8.42 Å². The summed E-state index contributed by atoms with van der Waals surface area (Å²) in [5.41, 5.74) is 1.01. The van der Waals surface area contributed by atoms with Gasteiger partial charge in [-0.15, -0.1) is 0 Å². The number of benzene rings is 3. The van der Waals surface area contributed by atoms with Gasteiger partial charge in [-0.1, -0.05) is 24.3 Å². The van der Waals surface area contributed by atoms with Crippen LogP contribution in [0.25, 0.3) is 0 Å². The first-order valence-electron chi connectivity index (χ1n) is 10.5. The first kappa shape index (κ1) is 24.9. The number of rotatable bonds is 10. The van der Waals surface area contributed by atoms with E-state index in [2.05, 4.69) is 5.32 Å². The van der Waals surface area contributed by atoms with Crippen LogP contribution >= 0.6 is 0 Å². The van der Waals surface area contributed by atoms with Crippen LogP contribution in [-0.2, 0) is 14.8 Å². The molecular formula is C25H28N2O6S. The number of nitrogens with zero attached hydrogens (tertiary/aromatic N) is 1. The van der Waals surface area contributed by atoms with Gasteiger partial charge < -0.3 is 19.5 Å². The minimum absolute atomic E-state index is 0.0770. The zero-order chi connectivity index (χ0) is 24.7. The molecule has 0 spiro atoms. The van der Waals surface area contributed by atoms with E-state index in [1.165, 1.54) is 26.4 Å². The third kappa shape index (κ3) is 5.60. The predicted octanol–water partition coefficient (Wildman–Crippen LogP) is 3.79. The van der Waals surface area contributed by atoms with Gasteiger partial charge in [-0.3, -0.25) is 9.10 Å². The zero-order valence-corrected chi connectivity index (χ0v) is 20.3. The summed E-state index contributed by atoms with van der Waals surface area (Å²) in [5.74, 6) is 1.18. The Balaban J connectivity index is 1.92. The maximum absolute atomic E-state index is 13.5. The molecule has 0 aliphatic carbocycles. The van der Waals surface area contributed by atoms with Crippen molar-refractivity contribution in [3.63, 3.8) is 0 Å². The van der Waals surface area contributed by atoms with Crippen molar-refractivity contribution in [2.24, 2.45) is 0 Å². The van der Waals surface area contributed by atoms with E-state index in [1.807, 2.05) is 0 Å². The van der Waals surface area contributed by atoms with E-state index >= 15 is 0 Å². The highest BCUT2D eigenvalue weighted by atomic mass is 32.2. The largest absolute Gasteiger partial charge is 0.497 e. The molecule has 3 rings (SSSR count). The van der Waals surface area contributed by atoms with Crippen LogP contribution in [0.5, 0.6) is 17.2 Å². The lowest BCUT2D eigenvalue weighted by atomic mass is 10.1. The molecule has 0 heterocycles. The van der Waals surface area contributed by atoms with Gasteiger partial charge in [-0.2, -0.15) is 0 Å². The van der Waals surface area contributed by atoms with Crippen LogP contribution in [-0.4, -0.2) is 42.2 Å². The second kappa shape index (κ2) is 10.9. The molecule has 0 radical (unpaired) electrons. The summed E-state index contributed by atoms with van der Waals surface area (Å²) in [6.45, 7) is 1.36. The van der Waals surface area contributed by atoms with Crippen LogP contribution in [0, 0.1) is 0 Å². The average Bonchev–Trinajstić information content (AvgIpc) is 2.87. The van der Waals surface area contributed by atoms with Crippen LogP contribution in [0.3, 0.4) is 0 Å². The fraction of sp³-hybridized carbons (Fsp3) is 0.240. The molecule has 3 aromatic carbocycles. The molecule has 1 atom stereocenters. The number of nitrogens with one attached hydrogen (secondary N) is 1. The van der Waals surface area contributed by atoms with Gasteiger partial charge in [0.05, 0.1) is 38.0 Å². The van der Waals surface area contributed by atoms with Gasteiger partial charge in [-0.05, 0) is 49.4 Å².